The third kappa shape index (κ3) is 4.87. The summed E-state index contributed by atoms with van der Waals surface area (Å²) in [5, 5.41) is 4.28. The zero-order valence-corrected chi connectivity index (χ0v) is 19.3. The molecule has 2 heterocycles. The summed E-state index contributed by atoms with van der Waals surface area (Å²) in [6.45, 7) is 2.40. The van der Waals surface area contributed by atoms with Gasteiger partial charge in [0.05, 0.1) is 20.6 Å². The lowest BCUT2D eigenvalue weighted by Crippen LogP contribution is -2.33. The molecule has 0 atom stereocenters. The molecular formula is C21H23Cl2N5O2S. The Hall–Kier alpha value is -2.13. The van der Waals surface area contributed by atoms with Crippen molar-refractivity contribution in [3.63, 3.8) is 0 Å². The molecule has 0 spiro atoms. The summed E-state index contributed by atoms with van der Waals surface area (Å²) >= 11 is 14.2. The normalized spacial score (nSPS) is 14.7. The Morgan fingerprint density at radius 2 is 1.97 bits per heavy atom. The summed E-state index contributed by atoms with van der Waals surface area (Å²) in [6.07, 6.45) is 5.77. The van der Waals surface area contributed by atoms with Gasteiger partial charge in [-0.05, 0) is 38.0 Å². The van der Waals surface area contributed by atoms with Crippen LogP contribution in [-0.2, 0) is 0 Å². The van der Waals surface area contributed by atoms with Crippen molar-refractivity contribution in [1.29, 1.82) is 0 Å². The van der Waals surface area contributed by atoms with Gasteiger partial charge < -0.3 is 15.9 Å². The Morgan fingerprint density at radius 1 is 1.19 bits per heavy atom. The lowest BCUT2D eigenvalue weighted by molar-refractivity contribution is 0.0960. The molecule has 0 bridgehead atoms. The third-order valence-electron chi connectivity index (χ3n) is 5.19. The van der Waals surface area contributed by atoms with E-state index in [9.17, 15) is 4.79 Å². The summed E-state index contributed by atoms with van der Waals surface area (Å²) in [7, 11) is 0. The molecule has 164 valence electrons. The molecule has 31 heavy (non-hydrogen) atoms. The minimum atomic E-state index is -0.169. The number of hydrogen-bond donors (Lipinski definition) is 3. The molecule has 0 saturated heterocycles. The number of aromatic nitrogens is 2. The van der Waals surface area contributed by atoms with E-state index in [2.05, 4.69) is 20.8 Å². The second-order valence-electron chi connectivity index (χ2n) is 7.44. The van der Waals surface area contributed by atoms with Crippen LogP contribution in [0.25, 0.3) is 21.5 Å². The van der Waals surface area contributed by atoms with E-state index in [1.54, 1.807) is 18.2 Å². The molecule has 4 N–H and O–H groups in total. The van der Waals surface area contributed by atoms with Crippen molar-refractivity contribution in [3.8, 4) is 17.0 Å². The summed E-state index contributed by atoms with van der Waals surface area (Å²) < 4.78 is 0. The molecule has 1 aliphatic carbocycles. The van der Waals surface area contributed by atoms with Gasteiger partial charge in [-0.25, -0.2) is 9.97 Å². The average molecular weight is 480 g/mol. The molecule has 7 nitrogen and oxygen atoms in total. The number of hydrogen-bond acceptors (Lipinski definition) is 7. The maximum atomic E-state index is 12.3. The standard InChI is InChI=1S/C21H23Cl2N5O2S/c1-2-25-19(29)17-9-13-18(26-21(24)27-20(13)31-17)12-8-16(15(23)10-14(12)22)30-28-11-6-4-3-5-7-11/h8-11,28H,2-7H2,1H3,(H,25,29)(H2,24,26,27). The van der Waals surface area contributed by atoms with E-state index in [-0.39, 0.29) is 11.9 Å². The Balaban J connectivity index is 1.71. The zero-order valence-electron chi connectivity index (χ0n) is 17.0. The number of nitrogen functional groups attached to an aromatic ring is 1. The van der Waals surface area contributed by atoms with Crippen molar-refractivity contribution < 1.29 is 9.63 Å². The fourth-order valence-electron chi connectivity index (χ4n) is 3.66. The Morgan fingerprint density at radius 3 is 2.71 bits per heavy atom. The fraction of sp³-hybridized carbons (Fsp3) is 0.381. The van der Waals surface area contributed by atoms with E-state index in [4.69, 9.17) is 33.8 Å². The van der Waals surface area contributed by atoms with Crippen LogP contribution in [0, 0.1) is 0 Å². The van der Waals surface area contributed by atoms with Crippen molar-refractivity contribution >= 4 is 56.6 Å². The molecule has 3 aromatic rings. The van der Waals surface area contributed by atoms with Crippen LogP contribution in [-0.4, -0.2) is 28.5 Å². The van der Waals surface area contributed by atoms with Crippen molar-refractivity contribution in [2.75, 3.05) is 12.3 Å². The quantitative estimate of drug-likeness (QED) is 0.419. The van der Waals surface area contributed by atoms with Crippen molar-refractivity contribution in [2.45, 2.75) is 45.1 Å². The van der Waals surface area contributed by atoms with Crippen LogP contribution in [0.5, 0.6) is 5.75 Å². The fourth-order valence-corrected chi connectivity index (χ4v) is 5.12. The number of nitrogens with two attached hydrogens (primary N) is 1. The van der Waals surface area contributed by atoms with Gasteiger partial charge in [0.2, 0.25) is 5.95 Å². The summed E-state index contributed by atoms with van der Waals surface area (Å²) in [5.41, 5.74) is 10.2. The highest BCUT2D eigenvalue weighted by Gasteiger charge is 2.20. The average Bonchev–Trinajstić information content (AvgIpc) is 3.18. The molecular weight excluding hydrogens is 457 g/mol. The molecule has 2 aromatic heterocycles. The molecule has 0 unspecified atom stereocenters. The molecule has 0 aliphatic heterocycles. The van der Waals surface area contributed by atoms with Gasteiger partial charge in [0.1, 0.15) is 4.83 Å². The topological polar surface area (TPSA) is 102 Å². The number of halogens is 2. The number of nitrogens with one attached hydrogen (secondary N) is 2. The minimum Gasteiger partial charge on any atom is -0.407 e. The number of anilines is 1. The molecule has 4 rings (SSSR count). The number of fused-ring (bicyclic) bond motifs is 1. The number of carbonyl (C=O) groups is 1. The highest BCUT2D eigenvalue weighted by molar-refractivity contribution is 7.20. The van der Waals surface area contributed by atoms with E-state index in [1.807, 2.05) is 6.92 Å². The molecule has 1 aromatic carbocycles. The van der Waals surface area contributed by atoms with Gasteiger partial charge in [0, 0.05) is 23.5 Å². The van der Waals surface area contributed by atoms with Gasteiger partial charge in [-0.2, -0.15) is 5.48 Å². The highest BCUT2D eigenvalue weighted by atomic mass is 35.5. The lowest BCUT2D eigenvalue weighted by Gasteiger charge is -2.23. The third-order valence-corrected chi connectivity index (χ3v) is 6.82. The first-order valence-electron chi connectivity index (χ1n) is 10.2. The number of amides is 1. The van der Waals surface area contributed by atoms with Gasteiger partial charge in [-0.1, -0.05) is 42.5 Å². The van der Waals surface area contributed by atoms with Crippen molar-refractivity contribution in [1.82, 2.24) is 20.8 Å². The summed E-state index contributed by atoms with van der Waals surface area (Å²) in [4.78, 5) is 28.0. The van der Waals surface area contributed by atoms with E-state index in [0.29, 0.717) is 54.7 Å². The first-order chi connectivity index (χ1) is 15.0. The number of rotatable bonds is 6. The second kappa shape index (κ2) is 9.56. The van der Waals surface area contributed by atoms with Crippen LogP contribution >= 0.6 is 34.5 Å². The van der Waals surface area contributed by atoms with Crippen LogP contribution < -0.4 is 21.4 Å². The minimum absolute atomic E-state index is 0.0978. The predicted molar refractivity (Wildman–Crippen MR) is 126 cm³/mol. The first kappa shape index (κ1) is 22.1. The maximum Gasteiger partial charge on any atom is 0.261 e. The zero-order chi connectivity index (χ0) is 22.0. The summed E-state index contributed by atoms with van der Waals surface area (Å²) in [6, 6.07) is 5.41. The largest absolute Gasteiger partial charge is 0.407 e. The van der Waals surface area contributed by atoms with Gasteiger partial charge in [0.25, 0.3) is 5.91 Å². The van der Waals surface area contributed by atoms with E-state index in [0.717, 1.165) is 12.8 Å². The van der Waals surface area contributed by atoms with Crippen LogP contribution in [0.15, 0.2) is 18.2 Å². The maximum absolute atomic E-state index is 12.3. The van der Waals surface area contributed by atoms with Gasteiger partial charge in [-0.3, -0.25) is 4.79 Å². The number of nitrogens with zero attached hydrogens (tertiary/aromatic N) is 2. The van der Waals surface area contributed by atoms with Crippen molar-refractivity contribution in [2.24, 2.45) is 0 Å². The summed E-state index contributed by atoms with van der Waals surface area (Å²) in [5.74, 6) is 0.384. The molecule has 10 heteroatoms. The molecule has 1 amide bonds. The number of carbonyl (C=O) groups excluding carboxylic acids is 1. The molecule has 1 saturated carbocycles. The van der Waals surface area contributed by atoms with E-state index >= 15 is 0 Å². The highest BCUT2D eigenvalue weighted by Crippen LogP contribution is 2.40. The molecule has 0 radical (unpaired) electrons. The van der Waals surface area contributed by atoms with E-state index < -0.39 is 0 Å². The predicted octanol–water partition coefficient (Wildman–Crippen LogP) is 5.21. The molecule has 1 fully saturated rings. The molecule has 1 aliphatic rings. The SMILES string of the molecule is CCNC(=O)c1cc2c(-c3cc(ONC4CCCCC4)c(Cl)cc3Cl)nc(N)nc2s1. The Bertz CT molecular complexity index is 1110. The number of hydroxylamine groups is 1. The Kier molecular flexibility index (Phi) is 6.81. The smallest absolute Gasteiger partial charge is 0.261 e. The lowest BCUT2D eigenvalue weighted by atomic mass is 9.96. The number of benzene rings is 1. The van der Waals surface area contributed by atoms with Crippen LogP contribution in [0.3, 0.4) is 0 Å². The van der Waals surface area contributed by atoms with Crippen LogP contribution in [0.1, 0.15) is 48.7 Å². The van der Waals surface area contributed by atoms with Crippen LogP contribution in [0.2, 0.25) is 10.0 Å². The van der Waals surface area contributed by atoms with Crippen LogP contribution in [0.4, 0.5) is 5.95 Å². The number of thiophene rings is 1. The van der Waals surface area contributed by atoms with Gasteiger partial charge >= 0.3 is 0 Å². The Labute approximate surface area is 194 Å². The van der Waals surface area contributed by atoms with Gasteiger partial charge in [-0.15, -0.1) is 11.3 Å². The van der Waals surface area contributed by atoms with E-state index in [1.165, 1.54) is 30.6 Å². The first-order valence-corrected chi connectivity index (χ1v) is 11.8. The van der Waals surface area contributed by atoms with Crippen molar-refractivity contribution in [3.05, 3.63) is 33.1 Å². The van der Waals surface area contributed by atoms with Gasteiger partial charge in [0.15, 0.2) is 5.75 Å². The monoisotopic (exact) mass is 479 g/mol. The second-order valence-corrected chi connectivity index (χ2v) is 9.28.